The van der Waals surface area contributed by atoms with Gasteiger partial charge in [-0.15, -0.1) is 0 Å². The van der Waals surface area contributed by atoms with Crippen LogP contribution in [0.5, 0.6) is 5.75 Å². The van der Waals surface area contributed by atoms with E-state index >= 15 is 0 Å². The predicted molar refractivity (Wildman–Crippen MR) is 82.8 cm³/mol. The van der Waals surface area contributed by atoms with Gasteiger partial charge in [0.1, 0.15) is 5.75 Å². The Balaban J connectivity index is 2.27. The van der Waals surface area contributed by atoms with Gasteiger partial charge >= 0.3 is 0 Å². The van der Waals surface area contributed by atoms with E-state index in [2.05, 4.69) is 0 Å². The monoisotopic (exact) mass is 304 g/mol. The molecular formula is C18H18F2O2. The van der Waals surface area contributed by atoms with Crippen LogP contribution in [0.3, 0.4) is 0 Å². The van der Waals surface area contributed by atoms with Crippen LogP contribution < -0.4 is 4.74 Å². The first-order valence-electron chi connectivity index (χ1n) is 7.01. The minimum absolute atomic E-state index is 0.233. The molecule has 2 rings (SSSR count). The zero-order chi connectivity index (χ0) is 15.9. The van der Waals surface area contributed by atoms with Gasteiger partial charge in [0.15, 0.2) is 11.6 Å². The molecule has 0 radical (unpaired) electrons. The molecule has 0 aromatic heterocycles. The van der Waals surface area contributed by atoms with Gasteiger partial charge in [0.25, 0.3) is 0 Å². The summed E-state index contributed by atoms with van der Waals surface area (Å²) in [7, 11) is 1.53. The molecule has 0 heterocycles. The van der Waals surface area contributed by atoms with Crippen molar-refractivity contribution in [1.82, 2.24) is 0 Å². The number of hydrogen-bond donors (Lipinski definition) is 0. The first kappa shape index (κ1) is 16.2. The van der Waals surface area contributed by atoms with Gasteiger partial charge in [-0.1, -0.05) is 30.3 Å². The fourth-order valence-corrected chi connectivity index (χ4v) is 2.08. The normalized spacial score (nSPS) is 11.1. The van der Waals surface area contributed by atoms with Gasteiger partial charge in [0.2, 0.25) is 0 Å². The van der Waals surface area contributed by atoms with Crippen molar-refractivity contribution in [2.45, 2.75) is 13.3 Å². The summed E-state index contributed by atoms with van der Waals surface area (Å²) in [5.41, 5.74) is 1.15. The Hall–Kier alpha value is -2.20. The summed E-state index contributed by atoms with van der Waals surface area (Å²) < 4.78 is 38.5. The third-order valence-electron chi connectivity index (χ3n) is 3.24. The number of methoxy groups -OCH3 is 1. The molecular weight excluding hydrogens is 286 g/mol. The van der Waals surface area contributed by atoms with E-state index in [0.717, 1.165) is 0 Å². The third-order valence-corrected chi connectivity index (χ3v) is 3.24. The van der Waals surface area contributed by atoms with E-state index in [1.54, 1.807) is 48.7 Å². The van der Waals surface area contributed by atoms with Crippen molar-refractivity contribution in [3.63, 3.8) is 0 Å². The van der Waals surface area contributed by atoms with Crippen LogP contribution in [0, 0.1) is 11.6 Å². The Morgan fingerprint density at radius 3 is 2.36 bits per heavy atom. The maximum Gasteiger partial charge on any atom is 0.166 e. The Labute approximate surface area is 129 Å². The molecule has 0 unspecified atom stereocenters. The Bertz CT molecular complexity index is 649. The van der Waals surface area contributed by atoms with Crippen LogP contribution in [0.1, 0.15) is 12.5 Å². The minimum atomic E-state index is -0.837. The molecule has 0 aliphatic heterocycles. The molecule has 0 saturated carbocycles. The SMILES string of the molecule is CC=COc1ccc(-c2ccc(CCOC)c(F)c2F)cc1. The molecule has 22 heavy (non-hydrogen) atoms. The van der Waals surface area contributed by atoms with Crippen LogP contribution in [-0.4, -0.2) is 13.7 Å². The molecule has 0 fully saturated rings. The minimum Gasteiger partial charge on any atom is -0.465 e. The summed E-state index contributed by atoms with van der Waals surface area (Å²) in [6.07, 6.45) is 3.66. The smallest absolute Gasteiger partial charge is 0.166 e. The van der Waals surface area contributed by atoms with Gasteiger partial charge in [-0.2, -0.15) is 0 Å². The van der Waals surface area contributed by atoms with Gasteiger partial charge < -0.3 is 9.47 Å². The number of allylic oxidation sites excluding steroid dienone is 1. The summed E-state index contributed by atoms with van der Waals surface area (Å²) in [5.74, 6) is -1.01. The number of rotatable bonds is 6. The summed E-state index contributed by atoms with van der Waals surface area (Å²) in [6, 6.07) is 10.0. The lowest BCUT2D eigenvalue weighted by Crippen LogP contribution is -2.01. The number of halogens is 2. The van der Waals surface area contributed by atoms with Crippen LogP contribution in [0.2, 0.25) is 0 Å². The van der Waals surface area contributed by atoms with Gasteiger partial charge in [0, 0.05) is 12.7 Å². The van der Waals surface area contributed by atoms with Crippen LogP contribution in [0.15, 0.2) is 48.7 Å². The van der Waals surface area contributed by atoms with E-state index < -0.39 is 11.6 Å². The zero-order valence-corrected chi connectivity index (χ0v) is 12.6. The van der Waals surface area contributed by atoms with Crippen molar-refractivity contribution in [3.8, 4) is 16.9 Å². The Morgan fingerprint density at radius 1 is 1.00 bits per heavy atom. The lowest BCUT2D eigenvalue weighted by Gasteiger charge is -2.09. The van der Waals surface area contributed by atoms with Gasteiger partial charge in [-0.3, -0.25) is 0 Å². The van der Waals surface area contributed by atoms with Crippen molar-refractivity contribution in [2.24, 2.45) is 0 Å². The molecule has 0 spiro atoms. The Morgan fingerprint density at radius 2 is 1.73 bits per heavy atom. The molecule has 2 nitrogen and oxygen atoms in total. The quantitative estimate of drug-likeness (QED) is 0.718. The third kappa shape index (κ3) is 3.71. The average Bonchev–Trinajstić information content (AvgIpc) is 2.55. The predicted octanol–water partition coefficient (Wildman–Crippen LogP) is 4.73. The Kier molecular flexibility index (Phi) is 5.67. The summed E-state index contributed by atoms with van der Waals surface area (Å²) >= 11 is 0. The number of benzene rings is 2. The lowest BCUT2D eigenvalue weighted by molar-refractivity contribution is 0.201. The van der Waals surface area contributed by atoms with Crippen molar-refractivity contribution in [3.05, 3.63) is 65.9 Å². The molecule has 0 aliphatic rings. The number of ether oxygens (including phenoxy) is 2. The second kappa shape index (κ2) is 7.71. The molecule has 0 saturated heterocycles. The highest BCUT2D eigenvalue weighted by molar-refractivity contribution is 5.65. The fourth-order valence-electron chi connectivity index (χ4n) is 2.08. The molecule has 116 valence electrons. The van der Waals surface area contributed by atoms with Gasteiger partial charge in [0.05, 0.1) is 12.9 Å². The van der Waals surface area contributed by atoms with Crippen molar-refractivity contribution in [1.29, 1.82) is 0 Å². The molecule has 0 N–H and O–H groups in total. The average molecular weight is 304 g/mol. The molecule has 0 bridgehead atoms. The number of hydrogen-bond acceptors (Lipinski definition) is 2. The topological polar surface area (TPSA) is 18.5 Å². The summed E-state index contributed by atoms with van der Waals surface area (Å²) in [4.78, 5) is 0. The van der Waals surface area contributed by atoms with Crippen molar-refractivity contribution >= 4 is 0 Å². The maximum atomic E-state index is 14.2. The van der Waals surface area contributed by atoms with Crippen LogP contribution in [0.25, 0.3) is 11.1 Å². The summed E-state index contributed by atoms with van der Waals surface area (Å²) in [5, 5.41) is 0. The highest BCUT2D eigenvalue weighted by Crippen LogP contribution is 2.28. The molecule has 0 amide bonds. The van der Waals surface area contributed by atoms with Crippen LogP contribution >= 0.6 is 0 Å². The van der Waals surface area contributed by atoms with Crippen LogP contribution in [0.4, 0.5) is 8.78 Å². The highest BCUT2D eigenvalue weighted by atomic mass is 19.2. The second-order valence-electron chi connectivity index (χ2n) is 4.75. The summed E-state index contributed by atoms with van der Waals surface area (Å²) in [6.45, 7) is 2.20. The van der Waals surface area contributed by atoms with E-state index in [-0.39, 0.29) is 5.56 Å². The molecule has 0 atom stereocenters. The van der Waals surface area contributed by atoms with E-state index in [0.29, 0.717) is 29.9 Å². The van der Waals surface area contributed by atoms with Crippen molar-refractivity contribution < 1.29 is 18.3 Å². The molecule has 2 aromatic rings. The van der Waals surface area contributed by atoms with Gasteiger partial charge in [-0.25, -0.2) is 8.78 Å². The van der Waals surface area contributed by atoms with E-state index in [4.69, 9.17) is 9.47 Å². The molecule has 0 aliphatic carbocycles. The van der Waals surface area contributed by atoms with Gasteiger partial charge in [-0.05, 0) is 36.6 Å². The fraction of sp³-hybridized carbons (Fsp3) is 0.222. The van der Waals surface area contributed by atoms with Crippen molar-refractivity contribution in [2.75, 3.05) is 13.7 Å². The molecule has 2 aromatic carbocycles. The first-order chi connectivity index (χ1) is 10.7. The van der Waals surface area contributed by atoms with E-state index in [9.17, 15) is 8.78 Å². The maximum absolute atomic E-state index is 14.2. The lowest BCUT2D eigenvalue weighted by atomic mass is 10.0. The van der Waals surface area contributed by atoms with E-state index in [1.807, 2.05) is 6.92 Å². The zero-order valence-electron chi connectivity index (χ0n) is 12.6. The van der Waals surface area contributed by atoms with E-state index in [1.165, 1.54) is 7.11 Å². The highest BCUT2D eigenvalue weighted by Gasteiger charge is 2.14. The largest absolute Gasteiger partial charge is 0.465 e. The standard InChI is InChI=1S/C18H18F2O2/c1-3-11-22-15-7-4-13(5-8-15)16-9-6-14(10-12-21-2)17(19)18(16)20/h3-9,11H,10,12H2,1-2H3. The van der Waals surface area contributed by atoms with Crippen LogP contribution in [-0.2, 0) is 11.2 Å². The second-order valence-corrected chi connectivity index (χ2v) is 4.75. The molecule has 4 heteroatoms. The first-order valence-corrected chi connectivity index (χ1v) is 7.01.